The van der Waals surface area contributed by atoms with Crippen molar-refractivity contribution in [2.75, 3.05) is 5.32 Å². The Morgan fingerprint density at radius 1 is 1.61 bits per heavy atom. The lowest BCUT2D eigenvalue weighted by Crippen LogP contribution is -2.27. The van der Waals surface area contributed by atoms with Crippen LogP contribution in [0.4, 0.5) is 10.1 Å². The number of anilines is 1. The molecule has 0 saturated heterocycles. The Morgan fingerprint density at radius 2 is 2.33 bits per heavy atom. The average molecular weight is 249 g/mol. The van der Waals surface area contributed by atoms with Crippen LogP contribution in [0.1, 0.15) is 31.7 Å². The summed E-state index contributed by atoms with van der Waals surface area (Å²) in [7, 11) is 0. The zero-order valence-electron chi connectivity index (χ0n) is 10.2. The van der Waals surface area contributed by atoms with Crippen molar-refractivity contribution in [3.05, 3.63) is 29.6 Å². The highest BCUT2D eigenvalue weighted by Gasteiger charge is 2.11. The number of benzene rings is 1. The van der Waals surface area contributed by atoms with E-state index in [0.717, 1.165) is 18.9 Å². The Hall–Kier alpha value is -1.93. The third kappa shape index (κ3) is 4.15. The van der Waals surface area contributed by atoms with Gasteiger partial charge in [-0.15, -0.1) is 0 Å². The van der Waals surface area contributed by atoms with E-state index < -0.39 is 5.82 Å². The first-order valence-electron chi connectivity index (χ1n) is 5.82. The predicted molar refractivity (Wildman–Crippen MR) is 67.2 cm³/mol. The first-order valence-corrected chi connectivity index (χ1v) is 5.82. The van der Waals surface area contributed by atoms with Crippen molar-refractivity contribution >= 4 is 11.6 Å². The van der Waals surface area contributed by atoms with Crippen molar-refractivity contribution in [1.82, 2.24) is 0 Å². The third-order valence-electron chi connectivity index (χ3n) is 2.48. The molecule has 0 aliphatic heterocycles. The minimum Gasteiger partial charge on any atom is -0.327 e. The van der Waals surface area contributed by atoms with Crippen molar-refractivity contribution < 1.29 is 9.18 Å². The maximum absolute atomic E-state index is 13.5. The van der Waals surface area contributed by atoms with Crippen molar-refractivity contribution in [1.29, 1.82) is 5.26 Å². The second kappa shape index (κ2) is 6.72. The molecule has 0 fully saturated rings. The number of carbonyl (C=O) groups is 1. The van der Waals surface area contributed by atoms with Gasteiger partial charge in [0.2, 0.25) is 5.91 Å². The van der Waals surface area contributed by atoms with Crippen LogP contribution in [0.15, 0.2) is 18.2 Å². The van der Waals surface area contributed by atoms with E-state index in [1.165, 1.54) is 12.1 Å². The van der Waals surface area contributed by atoms with Crippen LogP contribution in [-0.2, 0) is 4.79 Å². The van der Waals surface area contributed by atoms with Gasteiger partial charge < -0.3 is 11.1 Å². The topological polar surface area (TPSA) is 78.9 Å². The Labute approximate surface area is 106 Å². The number of halogens is 1. The Balaban J connectivity index is 2.62. The lowest BCUT2D eigenvalue weighted by atomic mass is 10.1. The number of nitrogens with zero attached hydrogens (tertiary/aromatic N) is 1. The van der Waals surface area contributed by atoms with E-state index in [2.05, 4.69) is 5.32 Å². The molecular formula is C13H16FN3O. The SMILES string of the molecule is CCCC(N)CC(=O)Nc1ccc(C#N)cc1F. The summed E-state index contributed by atoms with van der Waals surface area (Å²) in [5.41, 5.74) is 6.01. The van der Waals surface area contributed by atoms with E-state index >= 15 is 0 Å². The molecular weight excluding hydrogens is 233 g/mol. The molecule has 0 spiro atoms. The number of hydrogen-bond acceptors (Lipinski definition) is 3. The van der Waals surface area contributed by atoms with Crippen LogP contribution < -0.4 is 11.1 Å². The van der Waals surface area contributed by atoms with E-state index in [1.54, 1.807) is 0 Å². The second-order valence-electron chi connectivity index (χ2n) is 4.11. The summed E-state index contributed by atoms with van der Waals surface area (Å²) in [5.74, 6) is -0.939. The summed E-state index contributed by atoms with van der Waals surface area (Å²) >= 11 is 0. The summed E-state index contributed by atoms with van der Waals surface area (Å²) in [4.78, 5) is 11.6. The number of nitrogens with one attached hydrogen (secondary N) is 1. The molecule has 1 aromatic rings. The highest BCUT2D eigenvalue weighted by Crippen LogP contribution is 2.15. The fraction of sp³-hybridized carbons (Fsp3) is 0.385. The van der Waals surface area contributed by atoms with Gasteiger partial charge in [-0.2, -0.15) is 5.26 Å². The van der Waals surface area contributed by atoms with Crippen LogP contribution in [0.5, 0.6) is 0 Å². The van der Waals surface area contributed by atoms with Crippen LogP contribution in [-0.4, -0.2) is 11.9 Å². The molecule has 1 aromatic carbocycles. The smallest absolute Gasteiger partial charge is 0.226 e. The molecule has 0 saturated carbocycles. The second-order valence-corrected chi connectivity index (χ2v) is 4.11. The lowest BCUT2D eigenvalue weighted by Gasteiger charge is -2.11. The number of amides is 1. The molecule has 3 N–H and O–H groups in total. The van der Waals surface area contributed by atoms with Crippen LogP contribution in [0.3, 0.4) is 0 Å². The Kier molecular flexibility index (Phi) is 5.28. The van der Waals surface area contributed by atoms with Gasteiger partial charge in [0.25, 0.3) is 0 Å². The van der Waals surface area contributed by atoms with Gasteiger partial charge in [0, 0.05) is 12.5 Å². The van der Waals surface area contributed by atoms with Crippen molar-refractivity contribution in [2.24, 2.45) is 5.73 Å². The number of nitrogens with two attached hydrogens (primary N) is 1. The van der Waals surface area contributed by atoms with E-state index in [-0.39, 0.29) is 29.6 Å². The van der Waals surface area contributed by atoms with E-state index in [9.17, 15) is 9.18 Å². The zero-order chi connectivity index (χ0) is 13.5. The van der Waals surface area contributed by atoms with Gasteiger partial charge in [0.1, 0.15) is 5.82 Å². The van der Waals surface area contributed by atoms with Gasteiger partial charge in [-0.3, -0.25) is 4.79 Å². The van der Waals surface area contributed by atoms with E-state index in [0.29, 0.717) is 0 Å². The van der Waals surface area contributed by atoms with Gasteiger partial charge in [-0.25, -0.2) is 4.39 Å². The average Bonchev–Trinajstić information content (AvgIpc) is 2.31. The number of hydrogen-bond donors (Lipinski definition) is 2. The quantitative estimate of drug-likeness (QED) is 0.839. The normalized spacial score (nSPS) is 11.7. The molecule has 0 heterocycles. The Morgan fingerprint density at radius 3 is 2.89 bits per heavy atom. The van der Waals surface area contributed by atoms with Crippen molar-refractivity contribution in [3.8, 4) is 6.07 Å². The molecule has 1 rings (SSSR count). The minimum absolute atomic E-state index is 0.0719. The summed E-state index contributed by atoms with van der Waals surface area (Å²) in [6.07, 6.45) is 1.82. The number of carbonyl (C=O) groups excluding carboxylic acids is 1. The lowest BCUT2D eigenvalue weighted by molar-refractivity contribution is -0.116. The van der Waals surface area contributed by atoms with Crippen LogP contribution in [0, 0.1) is 17.1 Å². The summed E-state index contributed by atoms with van der Waals surface area (Å²) in [6, 6.07) is 5.52. The molecule has 0 radical (unpaired) electrons. The molecule has 5 heteroatoms. The maximum Gasteiger partial charge on any atom is 0.226 e. The minimum atomic E-state index is -0.619. The first-order chi connectivity index (χ1) is 8.56. The third-order valence-corrected chi connectivity index (χ3v) is 2.48. The van der Waals surface area contributed by atoms with E-state index in [1.807, 2.05) is 13.0 Å². The predicted octanol–water partition coefficient (Wildman–Crippen LogP) is 2.15. The molecule has 0 aliphatic rings. The summed E-state index contributed by atoms with van der Waals surface area (Å²) < 4.78 is 13.5. The van der Waals surface area contributed by atoms with Crippen LogP contribution in [0.25, 0.3) is 0 Å². The maximum atomic E-state index is 13.5. The molecule has 0 aromatic heterocycles. The van der Waals surface area contributed by atoms with Crippen LogP contribution >= 0.6 is 0 Å². The molecule has 0 bridgehead atoms. The highest BCUT2D eigenvalue weighted by atomic mass is 19.1. The molecule has 0 aliphatic carbocycles. The Bertz CT molecular complexity index is 468. The zero-order valence-corrected chi connectivity index (χ0v) is 10.2. The molecule has 1 atom stereocenters. The molecule has 4 nitrogen and oxygen atoms in total. The van der Waals surface area contributed by atoms with Crippen molar-refractivity contribution in [3.63, 3.8) is 0 Å². The fourth-order valence-corrected chi connectivity index (χ4v) is 1.60. The fourth-order valence-electron chi connectivity index (χ4n) is 1.60. The van der Waals surface area contributed by atoms with Gasteiger partial charge >= 0.3 is 0 Å². The largest absolute Gasteiger partial charge is 0.327 e. The monoisotopic (exact) mass is 249 g/mol. The van der Waals surface area contributed by atoms with Gasteiger partial charge in [-0.1, -0.05) is 13.3 Å². The van der Waals surface area contributed by atoms with Gasteiger partial charge in [0.15, 0.2) is 0 Å². The van der Waals surface area contributed by atoms with Gasteiger partial charge in [0.05, 0.1) is 17.3 Å². The van der Waals surface area contributed by atoms with Crippen molar-refractivity contribution in [2.45, 2.75) is 32.2 Å². The standard InChI is InChI=1S/C13H16FN3O/c1-2-3-10(16)7-13(18)17-12-5-4-9(8-15)6-11(12)14/h4-6,10H,2-3,7,16H2,1H3,(H,17,18). The highest BCUT2D eigenvalue weighted by molar-refractivity contribution is 5.91. The summed E-state index contributed by atoms with van der Waals surface area (Å²) in [5, 5.41) is 11.0. The van der Waals surface area contributed by atoms with Crippen LogP contribution in [0.2, 0.25) is 0 Å². The van der Waals surface area contributed by atoms with Gasteiger partial charge in [-0.05, 0) is 24.6 Å². The number of nitriles is 1. The van der Waals surface area contributed by atoms with E-state index in [4.69, 9.17) is 11.0 Å². The molecule has 1 unspecified atom stereocenters. The molecule has 96 valence electrons. The molecule has 18 heavy (non-hydrogen) atoms. The molecule has 1 amide bonds. The first kappa shape index (κ1) is 14.1. The number of rotatable bonds is 5. The summed E-state index contributed by atoms with van der Waals surface area (Å²) in [6.45, 7) is 1.98.